The van der Waals surface area contributed by atoms with Crippen molar-refractivity contribution >= 4 is 5.78 Å². The summed E-state index contributed by atoms with van der Waals surface area (Å²) < 4.78 is 58.0. The molecule has 7 atom stereocenters. The topological polar surface area (TPSA) is 57.5 Å². The predicted molar refractivity (Wildman–Crippen MR) is 84.1 cm³/mol. The van der Waals surface area contributed by atoms with Crippen LogP contribution >= 0.6 is 0 Å². The Kier molecular flexibility index (Phi) is 1.91. The molecule has 22 heavy (non-hydrogen) atoms. The molecule has 0 aromatic heterocycles. The van der Waals surface area contributed by atoms with E-state index < -0.39 is 59.4 Å². The second-order valence-electron chi connectivity index (χ2n) is 7.81. The fourth-order valence-corrected chi connectivity index (χ4v) is 5.46. The third kappa shape index (κ3) is 1.78. The highest BCUT2D eigenvalue weighted by Crippen LogP contribution is 2.65. The number of ketones is 1. The van der Waals surface area contributed by atoms with Crippen LogP contribution in [-0.4, -0.2) is 28.2 Å². The molecule has 0 amide bonds. The van der Waals surface area contributed by atoms with Gasteiger partial charge in [0, 0.05) is 11.9 Å². The van der Waals surface area contributed by atoms with E-state index in [4.69, 9.17) is 9.60 Å². The van der Waals surface area contributed by atoms with Gasteiger partial charge in [0.15, 0.2) is 5.78 Å². The van der Waals surface area contributed by atoms with Gasteiger partial charge < -0.3 is 10.2 Å². The van der Waals surface area contributed by atoms with E-state index in [0.29, 0.717) is 12.8 Å². The molecule has 3 saturated carbocycles. The van der Waals surface area contributed by atoms with Crippen LogP contribution in [0.1, 0.15) is 68.3 Å². The fourth-order valence-electron chi connectivity index (χ4n) is 5.46. The summed E-state index contributed by atoms with van der Waals surface area (Å²) in [7, 11) is 0. The van der Waals surface area contributed by atoms with Crippen molar-refractivity contribution in [2.24, 2.45) is 28.6 Å². The average molecular weight is 311 g/mol. The fraction of sp³-hybridized carbons (Fsp3) is 0.842. The molecule has 0 heterocycles. The molecule has 4 rings (SSSR count). The van der Waals surface area contributed by atoms with Gasteiger partial charge in [0.25, 0.3) is 0 Å². The molecule has 0 aliphatic heterocycles. The SMILES string of the molecule is [2H]C1=C2C([2H])(O)C[C@@H]3[C@H](CC[C@@]4(C)[C@H]3CC([2H])([2H])[C@]4([2H])O)[C@@]2(C)CC([2H])([2H])C1=O. The van der Waals surface area contributed by atoms with E-state index >= 15 is 0 Å². The average Bonchev–Trinajstić information content (AvgIpc) is 2.68. The lowest BCUT2D eigenvalue weighted by Gasteiger charge is -2.58. The number of aliphatic hydroxyl groups is 2. The van der Waals surface area contributed by atoms with Gasteiger partial charge in [-0.3, -0.25) is 4.79 Å². The maximum Gasteiger partial charge on any atom is 0.155 e. The van der Waals surface area contributed by atoms with Crippen LogP contribution in [0, 0.1) is 28.6 Å². The molecular weight excluding hydrogens is 276 g/mol. The molecule has 122 valence electrons. The zero-order valence-corrected chi connectivity index (χ0v) is 13.1. The number of carbonyl (C=O) groups is 1. The zero-order chi connectivity index (χ0) is 22.0. The summed E-state index contributed by atoms with van der Waals surface area (Å²) in [5.74, 6) is -2.16. The quantitative estimate of drug-likeness (QED) is 0.723. The Balaban J connectivity index is 1.87. The van der Waals surface area contributed by atoms with Crippen molar-refractivity contribution in [1.29, 1.82) is 0 Å². The van der Waals surface area contributed by atoms with Crippen molar-refractivity contribution in [2.75, 3.05) is 0 Å². The van der Waals surface area contributed by atoms with E-state index in [1.165, 1.54) is 0 Å². The van der Waals surface area contributed by atoms with Gasteiger partial charge in [-0.2, -0.15) is 0 Å². The first-order valence-corrected chi connectivity index (χ1v) is 8.14. The molecule has 2 N–H and O–H groups in total. The number of hydrogen-bond donors (Lipinski definition) is 2. The van der Waals surface area contributed by atoms with E-state index in [0.717, 1.165) is 0 Å². The third-order valence-electron chi connectivity index (χ3n) is 6.82. The van der Waals surface area contributed by atoms with Crippen molar-refractivity contribution in [2.45, 2.75) is 70.9 Å². The van der Waals surface area contributed by atoms with Crippen LogP contribution in [-0.2, 0) is 4.79 Å². The Hall–Kier alpha value is -0.670. The minimum absolute atomic E-state index is 0.0304. The van der Waals surface area contributed by atoms with E-state index in [2.05, 4.69) is 0 Å². The Labute approximate surface area is 142 Å². The van der Waals surface area contributed by atoms with Gasteiger partial charge in [-0.15, -0.1) is 0 Å². The smallest absolute Gasteiger partial charge is 0.155 e. The highest BCUT2D eigenvalue weighted by molar-refractivity contribution is 5.91. The lowest BCUT2D eigenvalue weighted by atomic mass is 9.47. The predicted octanol–water partition coefficient (Wildman–Crippen LogP) is 2.85. The van der Waals surface area contributed by atoms with Crippen LogP contribution in [0.3, 0.4) is 0 Å². The Bertz CT molecular complexity index is 821. The van der Waals surface area contributed by atoms with E-state index in [9.17, 15) is 15.0 Å². The van der Waals surface area contributed by atoms with Crippen LogP contribution in [0.15, 0.2) is 11.6 Å². The molecule has 3 fully saturated rings. The Morgan fingerprint density at radius 3 is 2.86 bits per heavy atom. The summed E-state index contributed by atoms with van der Waals surface area (Å²) in [6.45, 7) is 3.40. The first-order valence-electron chi connectivity index (χ1n) is 11.6. The number of carbonyl (C=O) groups excluding carboxylic acids is 1. The van der Waals surface area contributed by atoms with Gasteiger partial charge in [0.2, 0.25) is 0 Å². The number of hydrogen-bond acceptors (Lipinski definition) is 3. The Morgan fingerprint density at radius 2 is 2.09 bits per heavy atom. The highest BCUT2D eigenvalue weighted by Gasteiger charge is 2.60. The second kappa shape index (κ2) is 4.67. The molecule has 0 spiro atoms. The molecule has 0 aromatic rings. The summed E-state index contributed by atoms with van der Waals surface area (Å²) in [5.41, 5.74) is -2.18. The zero-order valence-electron chi connectivity index (χ0n) is 20.1. The summed E-state index contributed by atoms with van der Waals surface area (Å²) in [4.78, 5) is 12.4. The van der Waals surface area contributed by atoms with E-state index in [1.54, 1.807) is 13.8 Å². The van der Waals surface area contributed by atoms with E-state index in [-0.39, 0.29) is 30.8 Å². The molecular formula is C19H28O3. The molecule has 4 aliphatic carbocycles. The maximum atomic E-state index is 12.4. The van der Waals surface area contributed by atoms with Gasteiger partial charge >= 0.3 is 0 Å². The molecule has 0 bridgehead atoms. The first kappa shape index (κ1) is 8.98. The van der Waals surface area contributed by atoms with Crippen LogP contribution < -0.4 is 0 Å². The molecule has 0 radical (unpaired) electrons. The van der Waals surface area contributed by atoms with Crippen molar-refractivity contribution in [3.8, 4) is 0 Å². The normalized spacial score (nSPS) is 70.6. The molecule has 0 aromatic carbocycles. The van der Waals surface area contributed by atoms with Crippen molar-refractivity contribution in [1.82, 2.24) is 0 Å². The third-order valence-corrected chi connectivity index (χ3v) is 6.82. The summed E-state index contributed by atoms with van der Waals surface area (Å²) in [5, 5.41) is 21.8. The summed E-state index contributed by atoms with van der Waals surface area (Å²) in [6.07, 6.45) is -8.59. The van der Waals surface area contributed by atoms with Crippen LogP contribution in [0.2, 0.25) is 0 Å². The number of fused-ring (bicyclic) bond motifs is 5. The van der Waals surface area contributed by atoms with Crippen molar-refractivity contribution in [3.63, 3.8) is 0 Å². The van der Waals surface area contributed by atoms with E-state index in [1.807, 2.05) is 0 Å². The van der Waals surface area contributed by atoms with Gasteiger partial charge in [-0.1, -0.05) is 13.8 Å². The first-order chi connectivity index (χ1) is 12.9. The number of rotatable bonds is 0. The Morgan fingerprint density at radius 1 is 1.32 bits per heavy atom. The minimum Gasteiger partial charge on any atom is -0.393 e. The molecule has 1 unspecified atom stereocenters. The lowest BCUT2D eigenvalue weighted by molar-refractivity contribution is -0.120. The van der Waals surface area contributed by atoms with Crippen molar-refractivity contribution < 1.29 is 24.6 Å². The maximum absolute atomic E-state index is 12.4. The largest absolute Gasteiger partial charge is 0.393 e. The molecule has 3 heteroatoms. The monoisotopic (exact) mass is 311 g/mol. The van der Waals surface area contributed by atoms with Crippen LogP contribution in [0.4, 0.5) is 0 Å². The van der Waals surface area contributed by atoms with Crippen LogP contribution in [0.5, 0.6) is 0 Å². The van der Waals surface area contributed by atoms with Gasteiger partial charge in [-0.25, -0.2) is 0 Å². The minimum atomic E-state index is -2.30. The summed E-state index contributed by atoms with van der Waals surface area (Å²) >= 11 is 0. The standard InChI is InChI=1S/C19H28O3/c1-18-7-5-11(20)9-15(18)16(21)10-12-13-3-4-17(22)19(13,2)8-6-14(12)18/h9,12-14,16-17,21-22H,3-8,10H2,1-2H3/t12-,13-,14-,16?,17-,18+,19-/m0/s1/i4D2,5D2,9D,16D,17D. The summed E-state index contributed by atoms with van der Waals surface area (Å²) in [6, 6.07) is -0.619. The second-order valence-corrected chi connectivity index (χ2v) is 7.81. The van der Waals surface area contributed by atoms with Gasteiger partial charge in [-0.05, 0) is 78.7 Å². The van der Waals surface area contributed by atoms with Crippen LogP contribution in [0.25, 0.3) is 0 Å². The van der Waals surface area contributed by atoms with Gasteiger partial charge in [0.05, 0.1) is 16.3 Å². The highest BCUT2D eigenvalue weighted by atomic mass is 16.3. The molecule has 3 nitrogen and oxygen atoms in total. The molecule has 4 aliphatic rings. The molecule has 0 saturated heterocycles. The van der Waals surface area contributed by atoms with Crippen molar-refractivity contribution in [3.05, 3.63) is 11.6 Å². The lowest BCUT2D eigenvalue weighted by Crippen LogP contribution is -2.54. The van der Waals surface area contributed by atoms with Gasteiger partial charge in [0.1, 0.15) is 0 Å².